The van der Waals surface area contributed by atoms with Crippen LogP contribution in [0.25, 0.3) is 10.8 Å². The van der Waals surface area contributed by atoms with Crippen molar-refractivity contribution in [2.75, 3.05) is 7.05 Å². The van der Waals surface area contributed by atoms with Gasteiger partial charge < -0.3 is 14.2 Å². The van der Waals surface area contributed by atoms with Crippen LogP contribution in [0.2, 0.25) is 0 Å². The van der Waals surface area contributed by atoms with Gasteiger partial charge in [-0.1, -0.05) is 36.6 Å². The first-order valence-electron chi connectivity index (χ1n) is 9.40. The van der Waals surface area contributed by atoms with Gasteiger partial charge in [0.05, 0.1) is 0 Å². The highest BCUT2D eigenvalue weighted by Crippen LogP contribution is 2.26. The molecule has 0 atom stereocenters. The van der Waals surface area contributed by atoms with Crippen LogP contribution in [0.15, 0.2) is 47.2 Å². The van der Waals surface area contributed by atoms with E-state index in [-0.39, 0.29) is 12.5 Å². The number of pyridine rings is 1. The van der Waals surface area contributed by atoms with E-state index < -0.39 is 0 Å². The highest BCUT2D eigenvalue weighted by molar-refractivity contribution is 5.92. The van der Waals surface area contributed by atoms with Gasteiger partial charge in [-0.3, -0.25) is 9.78 Å². The SMILES string of the molecule is CN(C(=O)c1cc(COc2cccc3cnccc23)on1)C1CCCCC1. The predicted octanol–water partition coefficient (Wildman–Crippen LogP) is 4.21. The smallest absolute Gasteiger partial charge is 0.276 e. The molecule has 0 saturated heterocycles. The van der Waals surface area contributed by atoms with E-state index in [9.17, 15) is 4.79 Å². The lowest BCUT2D eigenvalue weighted by molar-refractivity contribution is 0.0685. The molecular weight excluding hydrogens is 342 g/mol. The first-order valence-corrected chi connectivity index (χ1v) is 9.40. The fraction of sp³-hybridized carbons (Fsp3) is 0.381. The summed E-state index contributed by atoms with van der Waals surface area (Å²) in [5, 5.41) is 5.95. The van der Waals surface area contributed by atoms with E-state index in [1.807, 2.05) is 31.3 Å². The van der Waals surface area contributed by atoms with E-state index >= 15 is 0 Å². The molecule has 1 amide bonds. The van der Waals surface area contributed by atoms with Gasteiger partial charge in [-0.25, -0.2) is 0 Å². The van der Waals surface area contributed by atoms with Crippen LogP contribution in [0.1, 0.15) is 48.4 Å². The number of amides is 1. The lowest BCUT2D eigenvalue weighted by Gasteiger charge is -2.30. The molecule has 2 aromatic heterocycles. The number of hydrogen-bond donors (Lipinski definition) is 0. The standard InChI is InChI=1S/C21H23N3O3/c1-24(16-7-3-2-4-8-16)21(25)19-12-17(27-23-19)14-26-20-9-5-6-15-13-22-11-10-18(15)20/h5-6,9-13,16H,2-4,7-8,14H2,1H3. The van der Waals surface area contributed by atoms with E-state index in [0.717, 1.165) is 29.4 Å². The van der Waals surface area contributed by atoms with Gasteiger partial charge in [0.25, 0.3) is 5.91 Å². The number of rotatable bonds is 5. The third-order valence-electron chi connectivity index (χ3n) is 5.23. The van der Waals surface area contributed by atoms with Crippen LogP contribution in [0.5, 0.6) is 5.75 Å². The average Bonchev–Trinajstić information content (AvgIpc) is 3.21. The Kier molecular flexibility index (Phi) is 5.05. The largest absolute Gasteiger partial charge is 0.485 e. The molecule has 2 heterocycles. The number of aromatic nitrogens is 2. The van der Waals surface area contributed by atoms with Crippen molar-refractivity contribution in [2.45, 2.75) is 44.8 Å². The summed E-state index contributed by atoms with van der Waals surface area (Å²) in [6.45, 7) is 0.217. The first kappa shape index (κ1) is 17.5. The average molecular weight is 365 g/mol. The third kappa shape index (κ3) is 3.79. The molecule has 1 aliphatic carbocycles. The fourth-order valence-corrected chi connectivity index (χ4v) is 3.66. The molecule has 0 N–H and O–H groups in total. The fourth-order valence-electron chi connectivity index (χ4n) is 3.66. The van der Waals surface area contributed by atoms with Crippen molar-refractivity contribution in [1.82, 2.24) is 15.0 Å². The second-order valence-corrected chi connectivity index (χ2v) is 7.03. The van der Waals surface area contributed by atoms with E-state index in [1.54, 1.807) is 23.4 Å². The van der Waals surface area contributed by atoms with Crippen molar-refractivity contribution in [3.05, 3.63) is 54.2 Å². The maximum Gasteiger partial charge on any atom is 0.276 e. The van der Waals surface area contributed by atoms with Gasteiger partial charge in [-0.15, -0.1) is 0 Å². The van der Waals surface area contributed by atoms with Crippen LogP contribution in [0, 0.1) is 0 Å². The second kappa shape index (κ2) is 7.78. The number of nitrogens with zero attached hydrogens (tertiary/aromatic N) is 3. The summed E-state index contributed by atoms with van der Waals surface area (Å²) in [6.07, 6.45) is 9.28. The van der Waals surface area contributed by atoms with Crippen molar-refractivity contribution in [1.29, 1.82) is 0 Å². The van der Waals surface area contributed by atoms with Gasteiger partial charge in [0.2, 0.25) is 0 Å². The molecule has 0 aliphatic heterocycles. The van der Waals surface area contributed by atoms with Crippen molar-refractivity contribution >= 4 is 16.7 Å². The monoisotopic (exact) mass is 365 g/mol. The highest BCUT2D eigenvalue weighted by atomic mass is 16.5. The van der Waals surface area contributed by atoms with Crippen molar-refractivity contribution in [3.8, 4) is 5.75 Å². The molecule has 0 unspecified atom stereocenters. The molecular formula is C21H23N3O3. The Labute approximate surface area is 158 Å². The number of carbonyl (C=O) groups is 1. The summed E-state index contributed by atoms with van der Waals surface area (Å²) in [5.41, 5.74) is 0.337. The van der Waals surface area contributed by atoms with Crippen molar-refractivity contribution in [2.24, 2.45) is 0 Å². The predicted molar refractivity (Wildman–Crippen MR) is 102 cm³/mol. The summed E-state index contributed by atoms with van der Waals surface area (Å²) in [6, 6.07) is 9.71. The molecule has 6 nitrogen and oxygen atoms in total. The maximum atomic E-state index is 12.7. The summed E-state index contributed by atoms with van der Waals surface area (Å²) >= 11 is 0. The molecule has 1 aromatic carbocycles. The minimum Gasteiger partial charge on any atom is -0.485 e. The Bertz CT molecular complexity index is 926. The minimum absolute atomic E-state index is 0.0897. The molecule has 0 spiro atoms. The van der Waals surface area contributed by atoms with Gasteiger partial charge in [0, 0.05) is 42.3 Å². The van der Waals surface area contributed by atoms with Gasteiger partial charge in [0.1, 0.15) is 12.4 Å². The van der Waals surface area contributed by atoms with E-state index in [1.165, 1.54) is 19.3 Å². The lowest BCUT2D eigenvalue weighted by atomic mass is 9.94. The Morgan fingerprint density at radius 3 is 2.96 bits per heavy atom. The normalized spacial score (nSPS) is 15.0. The Morgan fingerprint density at radius 2 is 2.11 bits per heavy atom. The number of fused-ring (bicyclic) bond motifs is 1. The van der Waals surface area contributed by atoms with E-state index in [0.29, 0.717) is 17.5 Å². The molecule has 1 saturated carbocycles. The topological polar surface area (TPSA) is 68.5 Å². The van der Waals surface area contributed by atoms with Crippen LogP contribution in [0.3, 0.4) is 0 Å². The quantitative estimate of drug-likeness (QED) is 0.677. The van der Waals surface area contributed by atoms with Crippen LogP contribution >= 0.6 is 0 Å². The number of benzene rings is 1. The minimum atomic E-state index is -0.0897. The summed E-state index contributed by atoms with van der Waals surface area (Å²) < 4.78 is 11.2. The third-order valence-corrected chi connectivity index (χ3v) is 5.23. The molecule has 1 aliphatic rings. The van der Waals surface area contributed by atoms with E-state index in [4.69, 9.17) is 9.26 Å². The highest BCUT2D eigenvalue weighted by Gasteiger charge is 2.25. The van der Waals surface area contributed by atoms with Crippen LogP contribution in [-0.2, 0) is 6.61 Å². The lowest BCUT2D eigenvalue weighted by Crippen LogP contribution is -2.38. The zero-order chi connectivity index (χ0) is 18.6. The Morgan fingerprint density at radius 1 is 1.26 bits per heavy atom. The Hall–Kier alpha value is -2.89. The van der Waals surface area contributed by atoms with Crippen molar-refractivity contribution < 1.29 is 14.1 Å². The molecule has 0 bridgehead atoms. The molecule has 4 rings (SSSR count). The van der Waals surface area contributed by atoms with E-state index in [2.05, 4.69) is 10.1 Å². The van der Waals surface area contributed by atoms with Gasteiger partial charge in [-0.2, -0.15) is 0 Å². The molecule has 1 fully saturated rings. The maximum absolute atomic E-state index is 12.7. The number of carbonyl (C=O) groups excluding carboxylic acids is 1. The van der Waals surface area contributed by atoms with Crippen LogP contribution in [0.4, 0.5) is 0 Å². The summed E-state index contributed by atoms with van der Waals surface area (Å²) in [7, 11) is 1.85. The first-order chi connectivity index (χ1) is 13.2. The summed E-state index contributed by atoms with van der Waals surface area (Å²) in [5.74, 6) is 1.19. The van der Waals surface area contributed by atoms with Gasteiger partial charge in [-0.05, 0) is 25.0 Å². The number of hydrogen-bond acceptors (Lipinski definition) is 5. The molecule has 27 heavy (non-hydrogen) atoms. The van der Waals surface area contributed by atoms with Crippen molar-refractivity contribution in [3.63, 3.8) is 0 Å². The van der Waals surface area contributed by atoms with Crippen LogP contribution < -0.4 is 4.74 Å². The Balaban J connectivity index is 1.42. The second-order valence-electron chi connectivity index (χ2n) is 7.03. The number of ether oxygens (including phenoxy) is 1. The molecule has 140 valence electrons. The molecule has 6 heteroatoms. The zero-order valence-corrected chi connectivity index (χ0v) is 15.4. The van der Waals surface area contributed by atoms with Gasteiger partial charge >= 0.3 is 0 Å². The van der Waals surface area contributed by atoms with Crippen LogP contribution in [-0.4, -0.2) is 34.0 Å². The zero-order valence-electron chi connectivity index (χ0n) is 15.4. The molecule has 0 radical (unpaired) electrons. The molecule has 3 aromatic rings. The van der Waals surface area contributed by atoms with Gasteiger partial charge in [0.15, 0.2) is 11.5 Å². The summed E-state index contributed by atoms with van der Waals surface area (Å²) in [4.78, 5) is 18.6.